The summed E-state index contributed by atoms with van der Waals surface area (Å²) in [6.07, 6.45) is 1.76. The van der Waals surface area contributed by atoms with Crippen LogP contribution in [-0.2, 0) is 0 Å². The zero-order valence-electron chi connectivity index (χ0n) is 10.0. The highest BCUT2D eigenvalue weighted by Gasteiger charge is 2.10. The van der Waals surface area contributed by atoms with Crippen molar-refractivity contribution in [1.29, 1.82) is 0 Å². The van der Waals surface area contributed by atoms with Crippen LogP contribution in [0.1, 0.15) is 5.76 Å². The van der Waals surface area contributed by atoms with E-state index in [-0.39, 0.29) is 5.56 Å². The van der Waals surface area contributed by atoms with E-state index >= 15 is 0 Å². The van der Waals surface area contributed by atoms with Gasteiger partial charge in [0.05, 0.1) is 11.0 Å². The van der Waals surface area contributed by atoms with Crippen LogP contribution in [-0.4, -0.2) is 9.38 Å². The Morgan fingerprint density at radius 2 is 2.10 bits per heavy atom. The number of furan rings is 1. The van der Waals surface area contributed by atoms with Crippen molar-refractivity contribution in [2.24, 2.45) is 0 Å². The summed E-state index contributed by atoms with van der Waals surface area (Å²) in [6.45, 7) is 0. The Morgan fingerprint density at radius 1 is 1.25 bits per heavy atom. The number of para-hydroxylation sites is 2. The van der Waals surface area contributed by atoms with Gasteiger partial charge in [0.15, 0.2) is 8.73 Å². The molecule has 3 aromatic heterocycles. The fourth-order valence-electron chi connectivity index (χ4n) is 2.15. The molecule has 0 radical (unpaired) electrons. The van der Waals surface area contributed by atoms with E-state index in [0.717, 1.165) is 14.8 Å². The molecule has 6 heteroatoms. The molecule has 0 amide bonds. The molecule has 0 unspecified atom stereocenters. The zero-order valence-corrected chi connectivity index (χ0v) is 13.0. The third kappa shape index (κ3) is 1.79. The Morgan fingerprint density at radius 3 is 2.90 bits per heavy atom. The van der Waals surface area contributed by atoms with Gasteiger partial charge in [0, 0.05) is 6.08 Å². The fraction of sp³-hybridized carbons (Fsp3) is 0. The number of fused-ring (bicyclic) bond motifs is 3. The molecule has 0 N–H and O–H groups in total. The molecule has 0 aliphatic carbocycles. The van der Waals surface area contributed by atoms with Gasteiger partial charge in [0.25, 0.3) is 5.56 Å². The van der Waals surface area contributed by atoms with E-state index in [9.17, 15) is 4.79 Å². The maximum atomic E-state index is 12.5. The third-order valence-electron chi connectivity index (χ3n) is 3.01. The van der Waals surface area contributed by atoms with Gasteiger partial charge in [-0.05, 0) is 46.9 Å². The SMILES string of the molecule is O=c1/c(=C\c2ccc(I)o2)sc2nc3ccccc3n12. The predicted octanol–water partition coefficient (Wildman–Crippen LogP) is 2.65. The molecule has 4 rings (SSSR count). The van der Waals surface area contributed by atoms with Crippen LogP contribution in [0.5, 0.6) is 0 Å². The number of imidazole rings is 1. The maximum absolute atomic E-state index is 12.5. The average Bonchev–Trinajstić information content (AvgIpc) is 3.07. The minimum atomic E-state index is -0.0508. The molecule has 4 aromatic rings. The lowest BCUT2D eigenvalue weighted by Crippen LogP contribution is -2.22. The Bertz CT molecular complexity index is 1040. The van der Waals surface area contributed by atoms with Crippen molar-refractivity contribution in [3.05, 3.63) is 60.8 Å². The first-order valence-corrected chi connectivity index (χ1v) is 7.79. The molecule has 0 saturated heterocycles. The van der Waals surface area contributed by atoms with Gasteiger partial charge in [-0.2, -0.15) is 0 Å². The van der Waals surface area contributed by atoms with Crippen LogP contribution in [0.4, 0.5) is 0 Å². The molecule has 4 nitrogen and oxygen atoms in total. The van der Waals surface area contributed by atoms with Crippen LogP contribution in [0.25, 0.3) is 22.1 Å². The van der Waals surface area contributed by atoms with Crippen LogP contribution in [0.15, 0.2) is 45.6 Å². The topological polar surface area (TPSA) is 47.5 Å². The summed E-state index contributed by atoms with van der Waals surface area (Å²) >= 11 is 3.47. The second-order valence-electron chi connectivity index (χ2n) is 4.28. The number of aromatic nitrogens is 2. The Labute approximate surface area is 130 Å². The number of nitrogens with zero attached hydrogens (tertiary/aromatic N) is 2. The Hall–Kier alpha value is -1.67. The van der Waals surface area contributed by atoms with Crippen molar-refractivity contribution < 1.29 is 4.42 Å². The number of hydrogen-bond acceptors (Lipinski definition) is 4. The van der Waals surface area contributed by atoms with Gasteiger partial charge in [-0.15, -0.1) is 0 Å². The number of halogens is 1. The first kappa shape index (κ1) is 12.1. The third-order valence-corrected chi connectivity index (χ3v) is 4.56. The molecule has 3 heterocycles. The lowest BCUT2D eigenvalue weighted by atomic mass is 10.3. The van der Waals surface area contributed by atoms with Crippen LogP contribution < -0.4 is 10.1 Å². The zero-order chi connectivity index (χ0) is 13.7. The predicted molar refractivity (Wildman–Crippen MR) is 87.1 cm³/mol. The molecule has 0 saturated carbocycles. The van der Waals surface area contributed by atoms with Crippen molar-refractivity contribution in [3.63, 3.8) is 0 Å². The van der Waals surface area contributed by atoms with E-state index in [1.54, 1.807) is 10.5 Å². The summed E-state index contributed by atoms with van der Waals surface area (Å²) in [4.78, 5) is 17.7. The van der Waals surface area contributed by atoms with Crippen LogP contribution in [0.3, 0.4) is 0 Å². The van der Waals surface area contributed by atoms with Crippen molar-refractivity contribution in [1.82, 2.24) is 9.38 Å². The normalized spacial score (nSPS) is 12.8. The maximum Gasteiger partial charge on any atom is 0.275 e. The van der Waals surface area contributed by atoms with Crippen LogP contribution in [0, 0.1) is 3.77 Å². The molecule has 0 atom stereocenters. The summed E-state index contributed by atoms with van der Waals surface area (Å²) in [5, 5.41) is 0. The lowest BCUT2D eigenvalue weighted by molar-refractivity contribution is 0.528. The van der Waals surface area contributed by atoms with Gasteiger partial charge in [-0.1, -0.05) is 23.5 Å². The van der Waals surface area contributed by atoms with Crippen molar-refractivity contribution >= 4 is 56.0 Å². The van der Waals surface area contributed by atoms with E-state index in [4.69, 9.17) is 4.42 Å². The van der Waals surface area contributed by atoms with E-state index in [2.05, 4.69) is 27.6 Å². The molecule has 20 heavy (non-hydrogen) atoms. The second-order valence-corrected chi connectivity index (χ2v) is 6.35. The Balaban J connectivity index is 2.05. The minimum absolute atomic E-state index is 0.0508. The molecular weight excluding hydrogens is 387 g/mol. The number of rotatable bonds is 1. The van der Waals surface area contributed by atoms with E-state index in [1.165, 1.54) is 11.3 Å². The van der Waals surface area contributed by atoms with Gasteiger partial charge >= 0.3 is 0 Å². The fourth-order valence-corrected chi connectivity index (χ4v) is 3.55. The summed E-state index contributed by atoms with van der Waals surface area (Å²) in [7, 11) is 0. The molecule has 1 aromatic carbocycles. The van der Waals surface area contributed by atoms with Crippen LogP contribution >= 0.6 is 33.9 Å². The molecular formula is C14H7IN2O2S. The molecule has 0 spiro atoms. The van der Waals surface area contributed by atoms with E-state index in [0.29, 0.717) is 15.3 Å². The first-order valence-electron chi connectivity index (χ1n) is 5.89. The Kier molecular flexibility index (Phi) is 2.67. The smallest absolute Gasteiger partial charge is 0.275 e. The van der Waals surface area contributed by atoms with Crippen molar-refractivity contribution in [3.8, 4) is 0 Å². The van der Waals surface area contributed by atoms with Crippen molar-refractivity contribution in [2.45, 2.75) is 0 Å². The van der Waals surface area contributed by atoms with Crippen molar-refractivity contribution in [2.75, 3.05) is 0 Å². The molecule has 0 aliphatic heterocycles. The molecule has 0 fully saturated rings. The van der Waals surface area contributed by atoms with Gasteiger partial charge in [-0.3, -0.25) is 4.79 Å². The number of hydrogen-bond donors (Lipinski definition) is 0. The monoisotopic (exact) mass is 394 g/mol. The highest BCUT2D eigenvalue weighted by atomic mass is 127. The minimum Gasteiger partial charge on any atom is -0.451 e. The second kappa shape index (κ2) is 4.42. The lowest BCUT2D eigenvalue weighted by Gasteiger charge is -1.86. The quantitative estimate of drug-likeness (QED) is 0.467. The van der Waals surface area contributed by atoms with Gasteiger partial charge in [-0.25, -0.2) is 9.38 Å². The number of thiazole rings is 1. The van der Waals surface area contributed by atoms with Gasteiger partial charge in [0.2, 0.25) is 0 Å². The highest BCUT2D eigenvalue weighted by Crippen LogP contribution is 2.16. The summed E-state index contributed by atoms with van der Waals surface area (Å²) < 4.78 is 8.55. The largest absolute Gasteiger partial charge is 0.451 e. The highest BCUT2D eigenvalue weighted by molar-refractivity contribution is 14.1. The van der Waals surface area contributed by atoms with Crippen LogP contribution in [0.2, 0.25) is 0 Å². The summed E-state index contributed by atoms with van der Waals surface area (Å²) in [5.74, 6) is 0.681. The van der Waals surface area contributed by atoms with Gasteiger partial charge < -0.3 is 4.42 Å². The molecule has 0 bridgehead atoms. The number of benzene rings is 1. The first-order chi connectivity index (χ1) is 9.72. The molecule has 98 valence electrons. The summed E-state index contributed by atoms with van der Waals surface area (Å²) in [6, 6.07) is 11.4. The average molecular weight is 394 g/mol. The summed E-state index contributed by atoms with van der Waals surface area (Å²) in [5.41, 5.74) is 1.64. The molecule has 0 aliphatic rings. The van der Waals surface area contributed by atoms with Gasteiger partial charge in [0.1, 0.15) is 10.3 Å². The van der Waals surface area contributed by atoms with E-state index in [1.807, 2.05) is 36.4 Å². The standard InChI is InChI=1S/C14H7IN2O2S/c15-12-6-5-8(19-12)7-11-13(18)17-10-4-2-1-3-9(10)16-14(17)20-11/h1-7H/b11-7+. The van der Waals surface area contributed by atoms with E-state index < -0.39 is 0 Å².